The van der Waals surface area contributed by atoms with Crippen molar-refractivity contribution in [3.8, 4) is 0 Å². The van der Waals surface area contributed by atoms with Crippen LogP contribution in [0.2, 0.25) is 0 Å². The summed E-state index contributed by atoms with van der Waals surface area (Å²) in [5.41, 5.74) is 0. The average Bonchev–Trinajstić information content (AvgIpc) is 2.10. The number of carboxylic acids is 1. The van der Waals surface area contributed by atoms with Crippen molar-refractivity contribution in [1.82, 2.24) is 10.2 Å². The van der Waals surface area contributed by atoms with Crippen LogP contribution in [0.15, 0.2) is 4.58 Å². The molecule has 0 rings (SSSR count). The van der Waals surface area contributed by atoms with Crippen molar-refractivity contribution in [3.63, 3.8) is 0 Å². The fourth-order valence-corrected chi connectivity index (χ4v) is 0.994. The number of nitrogens with one attached hydrogen (secondary N) is 1. The Hall–Kier alpha value is -1.31. The van der Waals surface area contributed by atoms with Crippen molar-refractivity contribution in [1.29, 1.82) is 0 Å². The van der Waals surface area contributed by atoms with Gasteiger partial charge in [0.25, 0.3) is 0 Å². The number of aliphatic carboxylic acids is 1. The van der Waals surface area contributed by atoms with E-state index in [1.165, 1.54) is 19.0 Å². The molecule has 0 aromatic heterocycles. The van der Waals surface area contributed by atoms with Gasteiger partial charge >= 0.3 is 12.0 Å². The molecule has 0 saturated carbocycles. The minimum absolute atomic E-state index is 0.0849. The Morgan fingerprint density at radius 2 is 2.14 bits per heavy atom. The Balaban J connectivity index is 4.15. The second-order valence-corrected chi connectivity index (χ2v) is 3.35. The summed E-state index contributed by atoms with van der Waals surface area (Å²) >= 11 is 0.554. The Labute approximate surface area is 84.9 Å². The van der Waals surface area contributed by atoms with Crippen molar-refractivity contribution in [3.05, 3.63) is 4.91 Å². The molecule has 8 heteroatoms. The van der Waals surface area contributed by atoms with E-state index >= 15 is 0 Å². The van der Waals surface area contributed by atoms with Gasteiger partial charge in [0.15, 0.2) is 0 Å². The maximum Gasteiger partial charge on any atom is 0.327 e. The van der Waals surface area contributed by atoms with Crippen LogP contribution in [0.4, 0.5) is 4.79 Å². The smallest absolute Gasteiger partial charge is 0.327 e. The van der Waals surface area contributed by atoms with Crippen LogP contribution in [0.1, 0.15) is 0 Å². The third kappa shape index (κ3) is 4.65. The third-order valence-electron chi connectivity index (χ3n) is 1.30. The minimum atomic E-state index is -1.20. The number of amides is 2. The van der Waals surface area contributed by atoms with Crippen LogP contribution in [-0.4, -0.2) is 47.9 Å². The summed E-state index contributed by atoms with van der Waals surface area (Å²) in [6, 6.07) is -1.63. The van der Waals surface area contributed by atoms with Gasteiger partial charge in [-0.1, -0.05) is 0 Å². The highest BCUT2D eigenvalue weighted by Crippen LogP contribution is 2.03. The molecule has 0 radical (unpaired) electrons. The summed E-state index contributed by atoms with van der Waals surface area (Å²) < 4.78 is 2.45. The zero-order valence-electron chi connectivity index (χ0n) is 7.76. The molecule has 2 amide bonds. The number of rotatable bonds is 5. The summed E-state index contributed by atoms with van der Waals surface area (Å²) in [6.45, 7) is 0. The number of carbonyl (C=O) groups excluding carboxylic acids is 1. The third-order valence-corrected chi connectivity index (χ3v) is 1.88. The topological polar surface area (TPSA) is 99.1 Å². The van der Waals surface area contributed by atoms with E-state index in [0.29, 0.717) is 11.9 Å². The van der Waals surface area contributed by atoms with Crippen LogP contribution in [0, 0.1) is 4.91 Å². The van der Waals surface area contributed by atoms with E-state index in [1.54, 1.807) is 0 Å². The molecule has 0 bridgehead atoms. The highest BCUT2D eigenvalue weighted by Gasteiger charge is 2.20. The van der Waals surface area contributed by atoms with Crippen molar-refractivity contribution in [2.45, 2.75) is 6.04 Å². The van der Waals surface area contributed by atoms with Crippen molar-refractivity contribution < 1.29 is 14.7 Å². The number of urea groups is 1. The van der Waals surface area contributed by atoms with Crippen LogP contribution in [0.3, 0.4) is 0 Å². The molecule has 0 unspecified atom stereocenters. The molecule has 0 aliphatic heterocycles. The Kier molecular flexibility index (Phi) is 5.61. The Morgan fingerprint density at radius 1 is 1.57 bits per heavy atom. The predicted molar refractivity (Wildman–Crippen MR) is 51.9 cm³/mol. The summed E-state index contributed by atoms with van der Waals surface area (Å²) in [6.07, 6.45) is 0. The Morgan fingerprint density at radius 3 is 2.50 bits per heavy atom. The molecule has 80 valence electrons. The van der Waals surface area contributed by atoms with Crippen molar-refractivity contribution in [2.75, 3.05) is 19.8 Å². The molecule has 2 N–H and O–H groups in total. The molecule has 0 aliphatic carbocycles. The van der Waals surface area contributed by atoms with Gasteiger partial charge in [-0.2, -0.15) is 0 Å². The van der Waals surface area contributed by atoms with Crippen LogP contribution >= 0.6 is 11.9 Å². The summed E-state index contributed by atoms with van der Waals surface area (Å²) in [5, 5.41) is 10.9. The van der Waals surface area contributed by atoms with Gasteiger partial charge in [0.05, 0.1) is 0 Å². The lowest BCUT2D eigenvalue weighted by Gasteiger charge is -2.16. The first-order valence-corrected chi connectivity index (χ1v) is 4.58. The van der Waals surface area contributed by atoms with Crippen LogP contribution in [-0.2, 0) is 4.79 Å². The monoisotopic (exact) mass is 221 g/mol. The number of nitrogens with zero attached hydrogens (tertiary/aromatic N) is 2. The molecule has 14 heavy (non-hydrogen) atoms. The largest absolute Gasteiger partial charge is 0.480 e. The van der Waals surface area contributed by atoms with Gasteiger partial charge in [-0.3, -0.25) is 0 Å². The van der Waals surface area contributed by atoms with Gasteiger partial charge in [-0.25, -0.2) is 9.59 Å². The van der Waals surface area contributed by atoms with E-state index in [-0.39, 0.29) is 5.75 Å². The van der Waals surface area contributed by atoms with E-state index in [4.69, 9.17) is 5.11 Å². The lowest BCUT2D eigenvalue weighted by Crippen LogP contribution is -2.46. The first-order valence-electron chi connectivity index (χ1n) is 3.64. The number of nitroso groups, excluding NO2 is 1. The standard InChI is InChI=1S/C6H11N3O4S/c1-9(2)6(12)7-4(5(10)11)3-14-8-13/h4H,3H2,1-2H3,(H,7,12)(H,10,11)/t4-/m0/s1. The molecule has 0 aliphatic rings. The van der Waals surface area contributed by atoms with Gasteiger partial charge in [0, 0.05) is 36.4 Å². The number of carbonyl (C=O) groups is 2. The molecule has 0 fully saturated rings. The van der Waals surface area contributed by atoms with Crippen LogP contribution in [0.5, 0.6) is 0 Å². The SMILES string of the molecule is CN(C)C(=O)N[C@@H](CSN=O)C(=O)O. The molecular formula is C6H11N3O4S. The molecule has 0 saturated heterocycles. The van der Waals surface area contributed by atoms with E-state index in [1.807, 2.05) is 0 Å². The lowest BCUT2D eigenvalue weighted by molar-refractivity contribution is -0.138. The molecule has 7 nitrogen and oxygen atoms in total. The number of hydrogen-bond acceptors (Lipinski definition) is 5. The second kappa shape index (κ2) is 6.19. The zero-order chi connectivity index (χ0) is 11.1. The van der Waals surface area contributed by atoms with Gasteiger partial charge in [-0.15, -0.1) is 4.91 Å². The number of carboxylic acid groups (broad SMARTS) is 1. The van der Waals surface area contributed by atoms with Crippen LogP contribution in [0.25, 0.3) is 0 Å². The van der Waals surface area contributed by atoms with Gasteiger partial charge in [0.1, 0.15) is 6.04 Å². The molecule has 0 aromatic carbocycles. The van der Waals surface area contributed by atoms with Crippen LogP contribution < -0.4 is 5.32 Å². The van der Waals surface area contributed by atoms with E-state index in [2.05, 4.69) is 9.90 Å². The Bertz CT molecular complexity index is 233. The first kappa shape index (κ1) is 12.7. The normalized spacial score (nSPS) is 11.6. The van der Waals surface area contributed by atoms with Crippen molar-refractivity contribution >= 4 is 23.9 Å². The van der Waals surface area contributed by atoms with Crippen molar-refractivity contribution in [2.24, 2.45) is 4.58 Å². The molecular weight excluding hydrogens is 210 g/mol. The lowest BCUT2D eigenvalue weighted by atomic mass is 10.3. The van der Waals surface area contributed by atoms with Gasteiger partial charge in [0.2, 0.25) is 0 Å². The fraction of sp³-hybridized carbons (Fsp3) is 0.667. The maximum atomic E-state index is 11.1. The minimum Gasteiger partial charge on any atom is -0.480 e. The maximum absolute atomic E-state index is 11.1. The van der Waals surface area contributed by atoms with Gasteiger partial charge < -0.3 is 15.3 Å². The second-order valence-electron chi connectivity index (χ2n) is 2.61. The van der Waals surface area contributed by atoms with E-state index < -0.39 is 18.0 Å². The summed E-state index contributed by atoms with van der Waals surface area (Å²) in [7, 11) is 2.97. The first-order chi connectivity index (χ1) is 6.49. The predicted octanol–water partition coefficient (Wildman–Crippen LogP) is 0.125. The van der Waals surface area contributed by atoms with E-state index in [9.17, 15) is 14.5 Å². The highest BCUT2D eigenvalue weighted by molar-refractivity contribution is 7.97. The average molecular weight is 221 g/mol. The summed E-state index contributed by atoms with van der Waals surface area (Å²) in [4.78, 5) is 32.6. The van der Waals surface area contributed by atoms with E-state index in [0.717, 1.165) is 0 Å². The fourth-order valence-electron chi connectivity index (χ4n) is 0.558. The van der Waals surface area contributed by atoms with Gasteiger partial charge in [-0.05, 0) is 0 Å². The highest BCUT2D eigenvalue weighted by atomic mass is 32.2. The zero-order valence-corrected chi connectivity index (χ0v) is 8.58. The number of hydrogen-bond donors (Lipinski definition) is 2. The quantitative estimate of drug-likeness (QED) is 0.507. The molecule has 1 atom stereocenters. The molecule has 0 aromatic rings. The molecule has 0 heterocycles. The summed E-state index contributed by atoms with van der Waals surface area (Å²) in [5.74, 6) is -1.28. The molecule has 0 spiro atoms.